The lowest BCUT2D eigenvalue weighted by atomic mass is 10.2. The van der Waals surface area contributed by atoms with Gasteiger partial charge in [0.05, 0.1) is 18.4 Å². The van der Waals surface area contributed by atoms with E-state index in [-0.39, 0.29) is 5.82 Å². The number of hydrogen-bond donors (Lipinski definition) is 1. The Hall–Kier alpha value is -3.74. The molecule has 0 unspecified atom stereocenters. The van der Waals surface area contributed by atoms with E-state index in [0.717, 1.165) is 10.9 Å². The molecule has 132 valence electrons. The van der Waals surface area contributed by atoms with Crippen LogP contribution in [0.4, 0.5) is 10.2 Å². The molecule has 0 saturated heterocycles. The van der Waals surface area contributed by atoms with Crippen molar-refractivity contribution in [1.29, 1.82) is 0 Å². The van der Waals surface area contributed by atoms with E-state index in [1.54, 1.807) is 18.5 Å². The maximum atomic E-state index is 14.0. The van der Waals surface area contributed by atoms with Gasteiger partial charge in [0.1, 0.15) is 12.1 Å². The third kappa shape index (κ3) is 2.69. The number of hydrogen-bond acceptors (Lipinski definition) is 4. The zero-order valence-electron chi connectivity index (χ0n) is 14.2. The Balaban J connectivity index is 1.53. The molecule has 0 bridgehead atoms. The van der Waals surface area contributed by atoms with Crippen molar-refractivity contribution in [2.24, 2.45) is 0 Å². The minimum absolute atomic E-state index is 0.245. The summed E-state index contributed by atoms with van der Waals surface area (Å²) >= 11 is 0. The van der Waals surface area contributed by atoms with Gasteiger partial charge in [-0.15, -0.1) is 0 Å². The molecule has 7 heteroatoms. The van der Waals surface area contributed by atoms with Crippen molar-refractivity contribution in [3.05, 3.63) is 84.8 Å². The first-order chi connectivity index (χ1) is 13.3. The van der Waals surface area contributed by atoms with Gasteiger partial charge in [0, 0.05) is 17.1 Å². The van der Waals surface area contributed by atoms with Crippen molar-refractivity contribution in [2.75, 3.05) is 5.43 Å². The van der Waals surface area contributed by atoms with Crippen LogP contribution in [0, 0.1) is 5.82 Å². The van der Waals surface area contributed by atoms with Crippen LogP contribution in [0.1, 0.15) is 5.56 Å². The molecule has 0 fully saturated rings. The molecule has 2 aromatic carbocycles. The van der Waals surface area contributed by atoms with Crippen LogP contribution in [0.5, 0.6) is 0 Å². The van der Waals surface area contributed by atoms with Gasteiger partial charge in [-0.2, -0.15) is 0 Å². The second kappa shape index (κ2) is 6.21. The maximum Gasteiger partial charge on any atom is 0.176 e. The molecular formula is C20H15FN6. The summed E-state index contributed by atoms with van der Waals surface area (Å²) in [5.74, 6) is 0.346. The molecule has 0 aliphatic carbocycles. The van der Waals surface area contributed by atoms with E-state index in [0.29, 0.717) is 29.1 Å². The van der Waals surface area contributed by atoms with Crippen molar-refractivity contribution >= 4 is 27.9 Å². The summed E-state index contributed by atoms with van der Waals surface area (Å²) in [5.41, 5.74) is 6.17. The molecule has 0 radical (unpaired) electrons. The normalized spacial score (nSPS) is 11.3. The number of imidazole rings is 1. The fourth-order valence-electron chi connectivity index (χ4n) is 3.18. The number of para-hydroxylation sites is 1. The average molecular weight is 358 g/mol. The summed E-state index contributed by atoms with van der Waals surface area (Å²) < 4.78 is 17.7. The molecule has 0 atom stereocenters. The molecular weight excluding hydrogens is 343 g/mol. The molecule has 27 heavy (non-hydrogen) atoms. The highest BCUT2D eigenvalue weighted by Gasteiger charge is 2.12. The fraction of sp³-hybridized carbons (Fsp3) is 0.0500. The summed E-state index contributed by atoms with van der Waals surface area (Å²) in [6, 6.07) is 16.8. The van der Waals surface area contributed by atoms with Gasteiger partial charge in [-0.05, 0) is 18.2 Å². The molecule has 1 N–H and O–H groups in total. The first-order valence-electron chi connectivity index (χ1n) is 8.52. The number of anilines is 1. The van der Waals surface area contributed by atoms with Crippen LogP contribution in [-0.2, 0) is 6.54 Å². The van der Waals surface area contributed by atoms with Gasteiger partial charge >= 0.3 is 0 Å². The Morgan fingerprint density at radius 1 is 0.926 bits per heavy atom. The van der Waals surface area contributed by atoms with E-state index in [9.17, 15) is 4.39 Å². The van der Waals surface area contributed by atoms with Crippen LogP contribution in [-0.4, -0.2) is 24.2 Å². The summed E-state index contributed by atoms with van der Waals surface area (Å²) in [4.78, 5) is 13.1. The van der Waals surface area contributed by atoms with Gasteiger partial charge in [-0.3, -0.25) is 10.1 Å². The second-order valence-electron chi connectivity index (χ2n) is 6.21. The van der Waals surface area contributed by atoms with Crippen LogP contribution >= 0.6 is 0 Å². The molecule has 6 nitrogen and oxygen atoms in total. The third-order valence-electron chi connectivity index (χ3n) is 4.53. The van der Waals surface area contributed by atoms with Gasteiger partial charge in [0.2, 0.25) is 0 Å². The van der Waals surface area contributed by atoms with Gasteiger partial charge in [-0.1, -0.05) is 36.4 Å². The average Bonchev–Trinajstić information content (AvgIpc) is 3.29. The fourth-order valence-corrected chi connectivity index (χ4v) is 3.18. The molecule has 5 aromatic rings. The Labute approximate surface area is 153 Å². The summed E-state index contributed by atoms with van der Waals surface area (Å²) in [5, 5.41) is 1.13. The zero-order valence-corrected chi connectivity index (χ0v) is 14.2. The number of benzene rings is 2. The van der Waals surface area contributed by atoms with Crippen LogP contribution in [0.25, 0.3) is 22.1 Å². The van der Waals surface area contributed by atoms with Gasteiger partial charge in [0.15, 0.2) is 17.0 Å². The number of rotatable bonds is 4. The highest BCUT2D eigenvalue weighted by Crippen LogP contribution is 2.21. The molecule has 3 heterocycles. The maximum absolute atomic E-state index is 14.0. The van der Waals surface area contributed by atoms with E-state index in [1.165, 1.54) is 12.4 Å². The molecule has 0 aliphatic heterocycles. The minimum atomic E-state index is -0.245. The molecule has 3 aromatic heterocycles. The molecule has 0 aliphatic rings. The van der Waals surface area contributed by atoms with Crippen LogP contribution in [0.2, 0.25) is 0 Å². The monoisotopic (exact) mass is 358 g/mol. The Bertz CT molecular complexity index is 1260. The molecule has 0 saturated carbocycles. The van der Waals surface area contributed by atoms with Crippen LogP contribution in [0.3, 0.4) is 0 Å². The summed E-state index contributed by atoms with van der Waals surface area (Å²) in [7, 11) is 0. The molecule has 5 rings (SSSR count). The lowest BCUT2D eigenvalue weighted by Crippen LogP contribution is -2.09. The SMILES string of the molecule is Fc1ccccc1Cn1cnc2c(Nn3ccc4ccccc43)ncnc21. The third-order valence-corrected chi connectivity index (χ3v) is 4.53. The number of aromatic nitrogens is 5. The van der Waals surface area contributed by atoms with Crippen molar-refractivity contribution in [3.8, 4) is 0 Å². The summed E-state index contributed by atoms with van der Waals surface area (Å²) in [6.45, 7) is 0.353. The van der Waals surface area contributed by atoms with E-state index in [1.807, 2.05) is 51.8 Å². The highest BCUT2D eigenvalue weighted by atomic mass is 19.1. The Morgan fingerprint density at radius 3 is 2.70 bits per heavy atom. The van der Waals surface area contributed by atoms with Crippen LogP contribution < -0.4 is 5.43 Å². The number of nitrogens with one attached hydrogen (secondary N) is 1. The smallest absolute Gasteiger partial charge is 0.176 e. The Kier molecular flexibility index (Phi) is 3.57. The van der Waals surface area contributed by atoms with E-state index in [2.05, 4.69) is 20.4 Å². The standard InChI is InChI=1S/C20H15FN6/c21-16-7-3-1-6-15(16)11-26-13-24-18-19(22-12-23-20(18)26)25-27-10-9-14-5-2-4-8-17(14)27/h1-10,12-13H,11H2,(H,22,23,25). The molecule has 0 amide bonds. The van der Waals surface area contributed by atoms with Gasteiger partial charge in [0.25, 0.3) is 0 Å². The Morgan fingerprint density at radius 2 is 1.78 bits per heavy atom. The topological polar surface area (TPSA) is 60.6 Å². The predicted molar refractivity (Wildman–Crippen MR) is 102 cm³/mol. The lowest BCUT2D eigenvalue weighted by Gasteiger charge is -2.09. The van der Waals surface area contributed by atoms with E-state index >= 15 is 0 Å². The van der Waals surface area contributed by atoms with Crippen molar-refractivity contribution < 1.29 is 4.39 Å². The number of fused-ring (bicyclic) bond motifs is 2. The first-order valence-corrected chi connectivity index (χ1v) is 8.52. The van der Waals surface area contributed by atoms with Gasteiger partial charge < -0.3 is 4.57 Å². The minimum Gasteiger partial charge on any atom is -0.311 e. The largest absolute Gasteiger partial charge is 0.311 e. The van der Waals surface area contributed by atoms with Gasteiger partial charge in [-0.25, -0.2) is 19.3 Å². The van der Waals surface area contributed by atoms with Crippen molar-refractivity contribution in [2.45, 2.75) is 6.54 Å². The quantitative estimate of drug-likeness (QED) is 0.530. The van der Waals surface area contributed by atoms with Crippen molar-refractivity contribution in [1.82, 2.24) is 24.2 Å². The zero-order chi connectivity index (χ0) is 18.2. The number of nitrogens with zero attached hydrogens (tertiary/aromatic N) is 5. The van der Waals surface area contributed by atoms with Crippen molar-refractivity contribution in [3.63, 3.8) is 0 Å². The summed E-state index contributed by atoms with van der Waals surface area (Å²) in [6.07, 6.45) is 5.08. The van der Waals surface area contributed by atoms with Crippen LogP contribution in [0.15, 0.2) is 73.4 Å². The molecule has 0 spiro atoms. The second-order valence-corrected chi connectivity index (χ2v) is 6.21. The predicted octanol–water partition coefficient (Wildman–Crippen LogP) is 3.84. The number of halogens is 1. The first kappa shape index (κ1) is 15.5. The highest BCUT2D eigenvalue weighted by molar-refractivity contribution is 5.85. The van der Waals surface area contributed by atoms with E-state index < -0.39 is 0 Å². The lowest BCUT2D eigenvalue weighted by molar-refractivity contribution is 0.601. The van der Waals surface area contributed by atoms with E-state index in [4.69, 9.17) is 0 Å².